The summed E-state index contributed by atoms with van der Waals surface area (Å²) in [5, 5.41) is 16.8. The second-order valence-corrected chi connectivity index (χ2v) is 5.56. The van der Waals surface area contributed by atoms with Crippen LogP contribution in [-0.2, 0) is 11.3 Å². The van der Waals surface area contributed by atoms with E-state index in [1.807, 2.05) is 19.9 Å². The third-order valence-electron chi connectivity index (χ3n) is 3.29. The molecule has 0 aliphatic rings. The molecule has 0 saturated heterocycles. The summed E-state index contributed by atoms with van der Waals surface area (Å²) in [5.41, 5.74) is 1.56. The number of rotatable bonds is 7. The van der Waals surface area contributed by atoms with Crippen molar-refractivity contribution in [3.63, 3.8) is 0 Å². The zero-order chi connectivity index (χ0) is 16.0. The van der Waals surface area contributed by atoms with Crippen molar-refractivity contribution in [3.8, 4) is 0 Å². The molecule has 2 N–H and O–H groups in total. The van der Waals surface area contributed by atoms with Crippen LogP contribution in [0.3, 0.4) is 0 Å². The molecule has 1 atom stereocenters. The van der Waals surface area contributed by atoms with Gasteiger partial charge in [-0.25, -0.2) is 0 Å². The van der Waals surface area contributed by atoms with Crippen LogP contribution in [0.4, 0.5) is 5.69 Å². The quantitative estimate of drug-likeness (QED) is 0.596. The molecule has 1 aromatic carbocycles. The summed E-state index contributed by atoms with van der Waals surface area (Å²) < 4.78 is 0. The Balaban J connectivity index is 2.61. The lowest BCUT2D eigenvalue weighted by molar-refractivity contribution is -0.385. The highest BCUT2D eigenvalue weighted by Gasteiger charge is 2.16. The maximum absolute atomic E-state index is 11.8. The van der Waals surface area contributed by atoms with E-state index in [0.717, 1.165) is 5.56 Å². The first-order chi connectivity index (χ1) is 9.82. The minimum Gasteiger partial charge on any atom is -0.354 e. The SMILES string of the molecule is Cc1c(CNC(C)C(=O)NCC(C)C)cccc1[N+](=O)[O-]. The second kappa shape index (κ2) is 7.73. The molecule has 0 bridgehead atoms. The average molecular weight is 293 g/mol. The number of hydrogen-bond donors (Lipinski definition) is 2. The van der Waals surface area contributed by atoms with Gasteiger partial charge in [0.2, 0.25) is 5.91 Å². The van der Waals surface area contributed by atoms with Crippen molar-refractivity contribution in [2.24, 2.45) is 5.92 Å². The van der Waals surface area contributed by atoms with Gasteiger partial charge >= 0.3 is 0 Å². The topological polar surface area (TPSA) is 84.3 Å². The van der Waals surface area contributed by atoms with E-state index in [1.54, 1.807) is 19.9 Å². The molecular weight excluding hydrogens is 270 g/mol. The highest BCUT2D eigenvalue weighted by atomic mass is 16.6. The third kappa shape index (κ3) is 5.15. The summed E-state index contributed by atoms with van der Waals surface area (Å²) >= 11 is 0. The van der Waals surface area contributed by atoms with Crippen molar-refractivity contribution in [1.29, 1.82) is 0 Å². The van der Waals surface area contributed by atoms with Gasteiger partial charge in [0, 0.05) is 24.7 Å². The van der Waals surface area contributed by atoms with Gasteiger partial charge in [-0.2, -0.15) is 0 Å². The Kier molecular flexibility index (Phi) is 6.30. The van der Waals surface area contributed by atoms with E-state index in [-0.39, 0.29) is 17.6 Å². The molecule has 0 aliphatic carbocycles. The van der Waals surface area contributed by atoms with Crippen LogP contribution < -0.4 is 10.6 Å². The highest BCUT2D eigenvalue weighted by molar-refractivity contribution is 5.81. The Bertz CT molecular complexity index is 515. The van der Waals surface area contributed by atoms with Gasteiger partial charge in [0.25, 0.3) is 5.69 Å². The van der Waals surface area contributed by atoms with Crippen molar-refractivity contribution in [3.05, 3.63) is 39.4 Å². The van der Waals surface area contributed by atoms with Crippen LogP contribution in [0.5, 0.6) is 0 Å². The predicted molar refractivity (Wildman–Crippen MR) is 82.0 cm³/mol. The predicted octanol–water partition coefficient (Wildman–Crippen LogP) is 2.15. The van der Waals surface area contributed by atoms with Gasteiger partial charge in [0.1, 0.15) is 0 Å². The van der Waals surface area contributed by atoms with E-state index in [0.29, 0.717) is 24.6 Å². The lowest BCUT2D eigenvalue weighted by Crippen LogP contribution is -2.43. The zero-order valence-corrected chi connectivity index (χ0v) is 13.0. The fourth-order valence-corrected chi connectivity index (χ4v) is 1.87. The van der Waals surface area contributed by atoms with E-state index >= 15 is 0 Å². The molecule has 1 aromatic rings. The zero-order valence-electron chi connectivity index (χ0n) is 13.0. The smallest absolute Gasteiger partial charge is 0.272 e. The van der Waals surface area contributed by atoms with Crippen LogP contribution in [0.1, 0.15) is 31.9 Å². The van der Waals surface area contributed by atoms with Crippen LogP contribution in [0, 0.1) is 23.0 Å². The van der Waals surface area contributed by atoms with E-state index < -0.39 is 4.92 Å². The first-order valence-electron chi connectivity index (χ1n) is 7.07. The summed E-state index contributed by atoms with van der Waals surface area (Å²) in [6, 6.07) is 4.62. The first-order valence-corrected chi connectivity index (χ1v) is 7.07. The molecule has 0 spiro atoms. The van der Waals surface area contributed by atoms with Gasteiger partial charge in [-0.05, 0) is 25.3 Å². The number of carbonyl (C=O) groups excluding carboxylic acids is 1. The van der Waals surface area contributed by atoms with Gasteiger partial charge < -0.3 is 10.6 Å². The Morgan fingerprint density at radius 2 is 2.00 bits per heavy atom. The molecule has 1 unspecified atom stereocenters. The Morgan fingerprint density at radius 1 is 1.33 bits per heavy atom. The lowest BCUT2D eigenvalue weighted by Gasteiger charge is -2.16. The number of nitro groups is 1. The van der Waals surface area contributed by atoms with Gasteiger partial charge in [0.15, 0.2) is 0 Å². The van der Waals surface area contributed by atoms with Gasteiger partial charge in [0.05, 0.1) is 11.0 Å². The molecule has 6 heteroatoms. The molecule has 21 heavy (non-hydrogen) atoms. The second-order valence-electron chi connectivity index (χ2n) is 5.56. The minimum absolute atomic E-state index is 0.0632. The molecule has 0 radical (unpaired) electrons. The number of hydrogen-bond acceptors (Lipinski definition) is 4. The number of carbonyl (C=O) groups is 1. The largest absolute Gasteiger partial charge is 0.354 e. The van der Waals surface area contributed by atoms with Crippen molar-refractivity contribution in [1.82, 2.24) is 10.6 Å². The Labute approximate surface area is 125 Å². The van der Waals surface area contributed by atoms with Crippen molar-refractivity contribution < 1.29 is 9.72 Å². The summed E-state index contributed by atoms with van der Waals surface area (Å²) in [5.74, 6) is 0.340. The van der Waals surface area contributed by atoms with E-state index in [2.05, 4.69) is 10.6 Å². The summed E-state index contributed by atoms with van der Waals surface area (Å²) in [6.45, 7) is 8.63. The van der Waals surface area contributed by atoms with Gasteiger partial charge in [-0.15, -0.1) is 0 Å². The van der Waals surface area contributed by atoms with Crippen LogP contribution in [0.2, 0.25) is 0 Å². The van der Waals surface area contributed by atoms with E-state index in [9.17, 15) is 14.9 Å². The summed E-state index contributed by atoms with van der Waals surface area (Å²) in [6.07, 6.45) is 0. The number of amides is 1. The monoisotopic (exact) mass is 293 g/mol. The Morgan fingerprint density at radius 3 is 2.57 bits per heavy atom. The summed E-state index contributed by atoms with van der Waals surface area (Å²) in [4.78, 5) is 22.3. The number of nitrogens with zero attached hydrogens (tertiary/aromatic N) is 1. The molecule has 1 rings (SSSR count). The van der Waals surface area contributed by atoms with E-state index in [1.165, 1.54) is 6.07 Å². The van der Waals surface area contributed by atoms with Crippen LogP contribution in [0.15, 0.2) is 18.2 Å². The normalized spacial score (nSPS) is 12.2. The summed E-state index contributed by atoms with van der Waals surface area (Å²) in [7, 11) is 0. The van der Waals surface area contributed by atoms with Crippen molar-refractivity contribution >= 4 is 11.6 Å². The Hall–Kier alpha value is -1.95. The van der Waals surface area contributed by atoms with Gasteiger partial charge in [-0.1, -0.05) is 26.0 Å². The number of benzene rings is 1. The molecule has 1 amide bonds. The molecule has 0 aliphatic heterocycles. The molecule has 6 nitrogen and oxygen atoms in total. The fourth-order valence-electron chi connectivity index (χ4n) is 1.87. The average Bonchev–Trinajstić information content (AvgIpc) is 2.42. The van der Waals surface area contributed by atoms with E-state index in [4.69, 9.17) is 0 Å². The minimum atomic E-state index is -0.391. The standard InChI is InChI=1S/C15H23N3O3/c1-10(2)8-17-15(19)12(4)16-9-13-6-5-7-14(11(13)3)18(20)21/h5-7,10,12,16H,8-9H2,1-4H3,(H,17,19). The molecular formula is C15H23N3O3. The van der Waals surface area contributed by atoms with Gasteiger partial charge in [-0.3, -0.25) is 14.9 Å². The van der Waals surface area contributed by atoms with Crippen molar-refractivity contribution in [2.75, 3.05) is 6.54 Å². The highest BCUT2D eigenvalue weighted by Crippen LogP contribution is 2.20. The van der Waals surface area contributed by atoms with Crippen LogP contribution in [-0.4, -0.2) is 23.4 Å². The number of nitro benzene ring substituents is 1. The molecule has 116 valence electrons. The van der Waals surface area contributed by atoms with Crippen molar-refractivity contribution in [2.45, 2.75) is 40.3 Å². The first kappa shape index (κ1) is 17.1. The molecule has 0 heterocycles. The maximum Gasteiger partial charge on any atom is 0.272 e. The van der Waals surface area contributed by atoms with Crippen LogP contribution in [0.25, 0.3) is 0 Å². The molecule has 0 fully saturated rings. The lowest BCUT2D eigenvalue weighted by atomic mass is 10.1. The molecule has 0 aromatic heterocycles. The molecule has 0 saturated carbocycles. The maximum atomic E-state index is 11.8. The fraction of sp³-hybridized carbons (Fsp3) is 0.533. The third-order valence-corrected chi connectivity index (χ3v) is 3.29. The number of nitrogens with one attached hydrogen (secondary N) is 2. The van der Waals surface area contributed by atoms with Crippen LogP contribution >= 0.6 is 0 Å².